The topological polar surface area (TPSA) is 49.9 Å². The number of nitrogens with zero attached hydrogens (tertiary/aromatic N) is 2. The lowest BCUT2D eigenvalue weighted by Crippen LogP contribution is -2.37. The first-order valence-corrected chi connectivity index (χ1v) is 10.1. The molecule has 5 rings (SSSR count). The lowest BCUT2D eigenvalue weighted by molar-refractivity contribution is -0.126. The van der Waals surface area contributed by atoms with E-state index in [2.05, 4.69) is 6.07 Å². The molecule has 3 aromatic rings. The summed E-state index contributed by atoms with van der Waals surface area (Å²) in [6.07, 6.45) is -0.844. The SMILES string of the molecule is Cc1ccc([C@@H]2[C@@H]3C(=O)N(c4ccccc4)C(=O)[C@@H]3ON2c2ccccc2)c(C)c1. The van der Waals surface area contributed by atoms with Gasteiger partial charge in [-0.1, -0.05) is 60.2 Å². The van der Waals surface area contributed by atoms with Gasteiger partial charge in [0.1, 0.15) is 5.92 Å². The molecule has 0 unspecified atom stereocenters. The lowest BCUT2D eigenvalue weighted by atomic mass is 9.87. The zero-order valence-electron chi connectivity index (χ0n) is 16.9. The second kappa shape index (κ2) is 7.11. The van der Waals surface area contributed by atoms with E-state index >= 15 is 0 Å². The van der Waals surface area contributed by atoms with Crippen LogP contribution in [0.4, 0.5) is 11.4 Å². The normalized spacial score (nSPS) is 23.2. The molecule has 2 amide bonds. The zero-order valence-corrected chi connectivity index (χ0v) is 16.9. The van der Waals surface area contributed by atoms with E-state index in [9.17, 15) is 9.59 Å². The van der Waals surface area contributed by atoms with Crippen molar-refractivity contribution < 1.29 is 14.4 Å². The number of carbonyl (C=O) groups excluding carboxylic acids is 2. The van der Waals surface area contributed by atoms with Crippen molar-refractivity contribution in [1.29, 1.82) is 0 Å². The van der Waals surface area contributed by atoms with Crippen LogP contribution >= 0.6 is 0 Å². The van der Waals surface area contributed by atoms with Crippen molar-refractivity contribution >= 4 is 23.2 Å². The van der Waals surface area contributed by atoms with E-state index in [4.69, 9.17) is 4.84 Å². The fourth-order valence-electron chi connectivity index (χ4n) is 4.52. The molecule has 2 aliphatic heterocycles. The summed E-state index contributed by atoms with van der Waals surface area (Å²) in [4.78, 5) is 34.2. The average molecular weight is 398 g/mol. The summed E-state index contributed by atoms with van der Waals surface area (Å²) in [6.45, 7) is 4.08. The van der Waals surface area contributed by atoms with Gasteiger partial charge in [0.25, 0.3) is 5.91 Å². The van der Waals surface area contributed by atoms with E-state index in [1.165, 1.54) is 4.90 Å². The Hall–Kier alpha value is -3.44. The number of anilines is 2. The maximum absolute atomic E-state index is 13.5. The van der Waals surface area contributed by atoms with Gasteiger partial charge >= 0.3 is 0 Å². The smallest absolute Gasteiger partial charge is 0.266 e. The van der Waals surface area contributed by atoms with Crippen molar-refractivity contribution in [2.75, 3.05) is 9.96 Å². The van der Waals surface area contributed by atoms with E-state index in [1.807, 2.05) is 74.5 Å². The Labute approximate surface area is 175 Å². The molecule has 5 nitrogen and oxygen atoms in total. The summed E-state index contributed by atoms with van der Waals surface area (Å²) in [6, 6.07) is 24.5. The van der Waals surface area contributed by atoms with Gasteiger partial charge < -0.3 is 0 Å². The van der Waals surface area contributed by atoms with Gasteiger partial charge in [-0.2, -0.15) is 0 Å². The van der Waals surface area contributed by atoms with E-state index < -0.39 is 12.0 Å². The number of benzene rings is 3. The van der Waals surface area contributed by atoms with Crippen molar-refractivity contribution in [1.82, 2.24) is 0 Å². The van der Waals surface area contributed by atoms with Crippen molar-refractivity contribution in [3.8, 4) is 0 Å². The van der Waals surface area contributed by atoms with Crippen molar-refractivity contribution in [3.63, 3.8) is 0 Å². The minimum atomic E-state index is -0.844. The van der Waals surface area contributed by atoms with Gasteiger partial charge in [0.05, 0.1) is 17.4 Å². The molecule has 2 fully saturated rings. The van der Waals surface area contributed by atoms with Crippen LogP contribution in [-0.2, 0) is 14.4 Å². The van der Waals surface area contributed by atoms with Crippen LogP contribution in [0.1, 0.15) is 22.7 Å². The van der Waals surface area contributed by atoms with E-state index in [0.717, 1.165) is 22.4 Å². The highest BCUT2D eigenvalue weighted by molar-refractivity contribution is 6.23. The summed E-state index contributed by atoms with van der Waals surface area (Å²) in [5, 5.41) is 1.74. The Morgan fingerprint density at radius 3 is 2.03 bits per heavy atom. The molecule has 150 valence electrons. The fourth-order valence-corrected chi connectivity index (χ4v) is 4.52. The molecular formula is C25H22N2O3. The maximum atomic E-state index is 13.5. The molecule has 0 spiro atoms. The van der Waals surface area contributed by atoms with Crippen LogP contribution in [0.5, 0.6) is 0 Å². The van der Waals surface area contributed by atoms with E-state index in [1.54, 1.807) is 17.2 Å². The summed E-state index contributed by atoms with van der Waals surface area (Å²) in [5.74, 6) is -1.15. The molecule has 5 heteroatoms. The van der Waals surface area contributed by atoms with Crippen molar-refractivity contribution in [2.24, 2.45) is 5.92 Å². The molecule has 0 aromatic heterocycles. The van der Waals surface area contributed by atoms with Crippen molar-refractivity contribution in [2.45, 2.75) is 26.0 Å². The monoisotopic (exact) mass is 398 g/mol. The summed E-state index contributed by atoms with van der Waals surface area (Å²) >= 11 is 0. The number of aryl methyl sites for hydroxylation is 2. The second-order valence-electron chi connectivity index (χ2n) is 7.87. The zero-order chi connectivity index (χ0) is 20.8. The number of fused-ring (bicyclic) bond motifs is 1. The highest BCUT2D eigenvalue weighted by Crippen LogP contribution is 2.48. The third-order valence-corrected chi connectivity index (χ3v) is 5.88. The number of imide groups is 1. The van der Waals surface area contributed by atoms with E-state index in [-0.39, 0.29) is 17.9 Å². The maximum Gasteiger partial charge on any atom is 0.266 e. The van der Waals surface area contributed by atoms with Crippen LogP contribution in [0.2, 0.25) is 0 Å². The second-order valence-corrected chi connectivity index (χ2v) is 7.87. The Bertz CT molecular complexity index is 1110. The number of hydrogen-bond donors (Lipinski definition) is 0. The Morgan fingerprint density at radius 2 is 1.40 bits per heavy atom. The van der Waals surface area contributed by atoms with Gasteiger partial charge in [-0.15, -0.1) is 0 Å². The summed E-state index contributed by atoms with van der Waals surface area (Å²) in [5.41, 5.74) is 4.62. The number of para-hydroxylation sites is 2. The van der Waals surface area contributed by atoms with E-state index in [0.29, 0.717) is 5.69 Å². The number of rotatable bonds is 3. The molecule has 0 aliphatic carbocycles. The minimum Gasteiger partial charge on any atom is -0.273 e. The predicted molar refractivity (Wildman–Crippen MR) is 115 cm³/mol. The molecule has 3 atom stereocenters. The molecule has 3 aromatic carbocycles. The van der Waals surface area contributed by atoms with Crippen LogP contribution in [0.15, 0.2) is 78.9 Å². The minimum absolute atomic E-state index is 0.223. The molecule has 0 bridgehead atoms. The first kappa shape index (κ1) is 18.6. The standard InChI is InChI=1S/C25H22N2O3/c1-16-13-14-20(17(2)15-16)22-21-23(30-27(22)19-11-7-4-8-12-19)25(29)26(24(21)28)18-9-5-3-6-10-18/h3-15,21-23H,1-2H3/t21-,22+,23+/m0/s1. The third kappa shape index (κ3) is 2.82. The number of hydroxylamine groups is 1. The first-order valence-electron chi connectivity index (χ1n) is 10.1. The predicted octanol–water partition coefficient (Wildman–Crippen LogP) is 4.35. The fraction of sp³-hybridized carbons (Fsp3) is 0.200. The van der Waals surface area contributed by atoms with Crippen LogP contribution in [0.25, 0.3) is 0 Å². The Balaban J connectivity index is 1.62. The van der Waals surface area contributed by atoms with Crippen LogP contribution in [0.3, 0.4) is 0 Å². The number of hydrogen-bond acceptors (Lipinski definition) is 4. The molecule has 0 radical (unpaired) electrons. The van der Waals surface area contributed by atoms with Gasteiger partial charge in [0.15, 0.2) is 6.10 Å². The first-order chi connectivity index (χ1) is 14.6. The quantitative estimate of drug-likeness (QED) is 0.616. The molecule has 0 N–H and O–H groups in total. The molecule has 2 aliphatic rings. The van der Waals surface area contributed by atoms with Crippen LogP contribution in [-0.4, -0.2) is 17.9 Å². The lowest BCUT2D eigenvalue weighted by Gasteiger charge is -2.29. The highest BCUT2D eigenvalue weighted by Gasteiger charge is 2.60. The molecule has 2 heterocycles. The molecule has 0 saturated carbocycles. The summed E-state index contributed by atoms with van der Waals surface area (Å²) < 4.78 is 0. The number of amides is 2. The van der Waals surface area contributed by atoms with Gasteiger partial charge in [0, 0.05) is 0 Å². The van der Waals surface area contributed by atoms with Gasteiger partial charge in [-0.25, -0.2) is 9.96 Å². The largest absolute Gasteiger partial charge is 0.273 e. The van der Waals surface area contributed by atoms with Gasteiger partial charge in [0.2, 0.25) is 5.91 Å². The molecule has 30 heavy (non-hydrogen) atoms. The van der Waals surface area contributed by atoms with Crippen LogP contribution < -0.4 is 9.96 Å². The Morgan fingerprint density at radius 1 is 0.767 bits per heavy atom. The van der Waals surface area contributed by atoms with Gasteiger partial charge in [-0.05, 0) is 49.2 Å². The van der Waals surface area contributed by atoms with Crippen molar-refractivity contribution in [3.05, 3.63) is 95.6 Å². The highest BCUT2D eigenvalue weighted by atomic mass is 16.7. The molecular weight excluding hydrogens is 376 g/mol. The summed E-state index contributed by atoms with van der Waals surface area (Å²) in [7, 11) is 0. The average Bonchev–Trinajstić information content (AvgIpc) is 3.26. The van der Waals surface area contributed by atoms with Gasteiger partial charge in [-0.3, -0.25) is 14.4 Å². The Kier molecular flexibility index (Phi) is 4.40. The number of carbonyl (C=O) groups is 2. The van der Waals surface area contributed by atoms with Crippen LogP contribution in [0, 0.1) is 19.8 Å². The molecule has 2 saturated heterocycles. The third-order valence-electron chi connectivity index (χ3n) is 5.88.